The molecule has 164 valence electrons. The van der Waals surface area contributed by atoms with Gasteiger partial charge in [-0.1, -0.05) is 36.6 Å². The van der Waals surface area contributed by atoms with E-state index in [1.807, 2.05) is 12.1 Å². The molecule has 1 atom stereocenters. The highest BCUT2D eigenvalue weighted by Gasteiger charge is 2.46. The number of hydrogen-bond donors (Lipinski definition) is 2. The van der Waals surface area contributed by atoms with Gasteiger partial charge in [-0.15, -0.1) is 0 Å². The first-order valence-electron chi connectivity index (χ1n) is 10.5. The minimum absolute atomic E-state index is 0.145. The van der Waals surface area contributed by atoms with Crippen molar-refractivity contribution in [3.05, 3.63) is 52.3 Å². The van der Waals surface area contributed by atoms with Gasteiger partial charge in [-0.2, -0.15) is 5.10 Å². The second-order valence-electron chi connectivity index (χ2n) is 8.47. The first-order chi connectivity index (χ1) is 14.8. The lowest BCUT2D eigenvalue weighted by Gasteiger charge is -2.41. The van der Waals surface area contributed by atoms with Crippen LogP contribution in [-0.4, -0.2) is 51.0 Å². The number of hydrogen-bond acceptors (Lipinski definition) is 4. The molecule has 2 aliphatic rings. The third kappa shape index (κ3) is 4.17. The van der Waals surface area contributed by atoms with Gasteiger partial charge < -0.3 is 15.5 Å². The molecule has 3 amide bonds. The molecule has 0 bridgehead atoms. The smallest absolute Gasteiger partial charge is 0.272 e. The van der Waals surface area contributed by atoms with E-state index in [-0.39, 0.29) is 36.0 Å². The van der Waals surface area contributed by atoms with Gasteiger partial charge in [0.05, 0.1) is 6.54 Å². The van der Waals surface area contributed by atoms with Crippen molar-refractivity contribution in [3.63, 3.8) is 0 Å². The summed E-state index contributed by atoms with van der Waals surface area (Å²) in [5, 5.41) is 10.8. The predicted octanol–water partition coefficient (Wildman–Crippen LogP) is 2.37. The molecule has 2 aromatic rings. The SMILES string of the molecule is CN1C(=O)c2cc(C(=O)NCc3ccc(Cl)cc3)nn2C[C@]1(C)C(=O)NC1CCCC1. The lowest BCUT2D eigenvalue weighted by Crippen LogP contribution is -2.63. The van der Waals surface area contributed by atoms with Crippen molar-refractivity contribution >= 4 is 29.3 Å². The number of nitrogens with zero attached hydrogens (tertiary/aromatic N) is 3. The van der Waals surface area contributed by atoms with E-state index < -0.39 is 5.54 Å². The number of carbonyl (C=O) groups excluding carboxylic acids is 3. The van der Waals surface area contributed by atoms with Gasteiger partial charge >= 0.3 is 0 Å². The standard InChI is InChI=1S/C22H26ClN5O3/c1-22(21(31)25-16-5-3-4-6-16)13-28-18(20(30)27(22)2)11-17(26-28)19(29)24-12-14-7-9-15(23)10-8-14/h7-11,16H,3-6,12-13H2,1-2H3,(H,24,29)(H,25,31)/t22-/m1/s1. The number of likely N-dealkylation sites (N-methyl/N-ethyl adjacent to an activating group) is 1. The quantitative estimate of drug-likeness (QED) is 0.741. The first kappa shape index (κ1) is 21.4. The molecule has 1 aliphatic carbocycles. The Kier molecular flexibility index (Phi) is 5.75. The lowest BCUT2D eigenvalue weighted by atomic mass is 9.95. The van der Waals surface area contributed by atoms with E-state index in [1.54, 1.807) is 26.1 Å². The molecule has 4 rings (SSSR count). The van der Waals surface area contributed by atoms with E-state index in [9.17, 15) is 14.4 Å². The molecule has 8 nitrogen and oxygen atoms in total. The molecule has 1 saturated carbocycles. The van der Waals surface area contributed by atoms with Crippen LogP contribution in [0.3, 0.4) is 0 Å². The Morgan fingerprint density at radius 1 is 1.23 bits per heavy atom. The zero-order valence-electron chi connectivity index (χ0n) is 17.7. The number of benzene rings is 1. The Hall–Kier alpha value is -2.87. The zero-order chi connectivity index (χ0) is 22.2. The number of fused-ring (bicyclic) bond motifs is 1. The Morgan fingerprint density at radius 3 is 2.58 bits per heavy atom. The second kappa shape index (κ2) is 8.34. The number of carbonyl (C=O) groups is 3. The van der Waals surface area contributed by atoms with Gasteiger partial charge in [0, 0.05) is 30.7 Å². The van der Waals surface area contributed by atoms with Crippen LogP contribution in [0, 0.1) is 0 Å². The summed E-state index contributed by atoms with van der Waals surface area (Å²) in [7, 11) is 1.62. The van der Waals surface area contributed by atoms with Crippen LogP contribution in [0.1, 0.15) is 59.1 Å². The highest BCUT2D eigenvalue weighted by molar-refractivity contribution is 6.30. The van der Waals surface area contributed by atoms with Crippen LogP contribution in [0.2, 0.25) is 5.02 Å². The van der Waals surface area contributed by atoms with Crippen molar-refractivity contribution in [2.24, 2.45) is 0 Å². The maximum atomic E-state index is 13.0. The van der Waals surface area contributed by atoms with Crippen molar-refractivity contribution < 1.29 is 14.4 Å². The monoisotopic (exact) mass is 443 g/mol. The van der Waals surface area contributed by atoms with Crippen molar-refractivity contribution in [2.45, 2.75) is 57.3 Å². The third-order valence-electron chi connectivity index (χ3n) is 6.28. The number of amides is 3. The second-order valence-corrected chi connectivity index (χ2v) is 8.91. The fourth-order valence-electron chi connectivity index (χ4n) is 4.12. The molecule has 0 unspecified atom stereocenters. The fourth-order valence-corrected chi connectivity index (χ4v) is 4.25. The van der Waals surface area contributed by atoms with Crippen LogP contribution in [0.25, 0.3) is 0 Å². The van der Waals surface area contributed by atoms with Gasteiger partial charge in [-0.3, -0.25) is 19.1 Å². The molecule has 1 fully saturated rings. The molecule has 0 radical (unpaired) electrons. The largest absolute Gasteiger partial charge is 0.351 e. The first-order valence-corrected chi connectivity index (χ1v) is 10.9. The van der Waals surface area contributed by atoms with Crippen LogP contribution in [0.15, 0.2) is 30.3 Å². The van der Waals surface area contributed by atoms with E-state index >= 15 is 0 Å². The fraction of sp³-hybridized carbons (Fsp3) is 0.455. The third-order valence-corrected chi connectivity index (χ3v) is 6.53. The summed E-state index contributed by atoms with van der Waals surface area (Å²) >= 11 is 5.88. The molecule has 9 heteroatoms. The number of rotatable bonds is 5. The Bertz CT molecular complexity index is 1010. The summed E-state index contributed by atoms with van der Waals surface area (Å²) in [6, 6.07) is 8.79. The summed E-state index contributed by atoms with van der Waals surface area (Å²) in [5.74, 6) is -0.908. The predicted molar refractivity (Wildman–Crippen MR) is 116 cm³/mol. The molecule has 31 heavy (non-hydrogen) atoms. The van der Waals surface area contributed by atoms with Crippen LogP contribution < -0.4 is 10.6 Å². The van der Waals surface area contributed by atoms with Gasteiger partial charge in [0.1, 0.15) is 11.2 Å². The molecule has 1 aliphatic heterocycles. The van der Waals surface area contributed by atoms with Crippen LogP contribution in [0.4, 0.5) is 0 Å². The van der Waals surface area contributed by atoms with Gasteiger partial charge in [0.15, 0.2) is 5.69 Å². The van der Waals surface area contributed by atoms with Crippen molar-refractivity contribution in [1.29, 1.82) is 0 Å². The Labute approximate surface area is 185 Å². The van der Waals surface area contributed by atoms with E-state index in [4.69, 9.17) is 11.6 Å². The zero-order valence-corrected chi connectivity index (χ0v) is 18.4. The van der Waals surface area contributed by atoms with Gasteiger partial charge in [-0.25, -0.2) is 0 Å². The minimum atomic E-state index is -1.07. The molecule has 0 saturated heterocycles. The molecule has 0 spiro atoms. The van der Waals surface area contributed by atoms with Crippen molar-refractivity contribution in [2.75, 3.05) is 7.05 Å². The topological polar surface area (TPSA) is 96.3 Å². The van der Waals surface area contributed by atoms with Gasteiger partial charge in [0.25, 0.3) is 11.8 Å². The number of aromatic nitrogens is 2. The average Bonchev–Trinajstić information content (AvgIpc) is 3.41. The molecular formula is C22H26ClN5O3. The van der Waals surface area contributed by atoms with Gasteiger partial charge in [-0.05, 0) is 37.5 Å². The Morgan fingerprint density at radius 2 is 1.90 bits per heavy atom. The molecule has 2 heterocycles. The summed E-state index contributed by atoms with van der Waals surface area (Å²) in [6.07, 6.45) is 4.14. The average molecular weight is 444 g/mol. The summed E-state index contributed by atoms with van der Waals surface area (Å²) in [6.45, 7) is 2.24. The molecule has 2 N–H and O–H groups in total. The molecule has 1 aromatic heterocycles. The van der Waals surface area contributed by atoms with Gasteiger partial charge in [0.2, 0.25) is 5.91 Å². The van der Waals surface area contributed by atoms with Crippen molar-refractivity contribution in [1.82, 2.24) is 25.3 Å². The van der Waals surface area contributed by atoms with Crippen LogP contribution >= 0.6 is 11.6 Å². The van der Waals surface area contributed by atoms with E-state index in [2.05, 4.69) is 15.7 Å². The highest BCUT2D eigenvalue weighted by Crippen LogP contribution is 2.27. The normalized spacial score (nSPS) is 21.1. The number of halogens is 1. The maximum absolute atomic E-state index is 13.0. The lowest BCUT2D eigenvalue weighted by molar-refractivity contribution is -0.133. The van der Waals surface area contributed by atoms with Crippen LogP contribution in [-0.2, 0) is 17.9 Å². The summed E-state index contributed by atoms with van der Waals surface area (Å²) in [4.78, 5) is 40.0. The minimum Gasteiger partial charge on any atom is -0.351 e. The summed E-state index contributed by atoms with van der Waals surface area (Å²) < 4.78 is 1.47. The highest BCUT2D eigenvalue weighted by atomic mass is 35.5. The molecule has 1 aromatic carbocycles. The summed E-state index contributed by atoms with van der Waals surface area (Å²) in [5.41, 5.74) is 0.264. The maximum Gasteiger partial charge on any atom is 0.272 e. The molecular weight excluding hydrogens is 418 g/mol. The Balaban J connectivity index is 1.48. The number of nitrogens with one attached hydrogen (secondary N) is 2. The van der Waals surface area contributed by atoms with Crippen molar-refractivity contribution in [3.8, 4) is 0 Å². The van der Waals surface area contributed by atoms with E-state index in [0.29, 0.717) is 17.3 Å². The van der Waals surface area contributed by atoms with Crippen LogP contribution in [0.5, 0.6) is 0 Å². The van der Waals surface area contributed by atoms with E-state index in [0.717, 1.165) is 31.2 Å². The van der Waals surface area contributed by atoms with E-state index in [1.165, 1.54) is 15.6 Å².